The van der Waals surface area contributed by atoms with Gasteiger partial charge in [0.2, 0.25) is 5.91 Å². The lowest BCUT2D eigenvalue weighted by Crippen LogP contribution is -2.30. The molecule has 27 heavy (non-hydrogen) atoms. The Kier molecular flexibility index (Phi) is 5.72. The minimum absolute atomic E-state index is 0.153. The Morgan fingerprint density at radius 1 is 1.26 bits per heavy atom. The molecule has 140 valence electrons. The van der Waals surface area contributed by atoms with E-state index in [1.54, 1.807) is 49.6 Å². The van der Waals surface area contributed by atoms with E-state index in [2.05, 4.69) is 10.3 Å². The van der Waals surface area contributed by atoms with Gasteiger partial charge in [0.1, 0.15) is 12.4 Å². The second-order valence-electron chi connectivity index (χ2n) is 6.14. The molecule has 0 bridgehead atoms. The Morgan fingerprint density at radius 2 is 2.00 bits per heavy atom. The van der Waals surface area contributed by atoms with Crippen LogP contribution >= 0.6 is 11.6 Å². The van der Waals surface area contributed by atoms with Crippen LogP contribution in [0.2, 0.25) is 5.02 Å². The number of hydrogen-bond acceptors (Lipinski definition) is 4. The van der Waals surface area contributed by atoms with Crippen molar-refractivity contribution in [2.45, 2.75) is 19.2 Å². The highest BCUT2D eigenvalue weighted by Gasteiger charge is 2.12. The number of fused-ring (bicyclic) bond motifs is 1. The van der Waals surface area contributed by atoms with Crippen molar-refractivity contribution in [3.63, 3.8) is 0 Å². The van der Waals surface area contributed by atoms with Gasteiger partial charge in [0.05, 0.1) is 10.9 Å². The fourth-order valence-corrected chi connectivity index (χ4v) is 3.73. The van der Waals surface area contributed by atoms with Crippen molar-refractivity contribution in [1.82, 2.24) is 9.55 Å². The third kappa shape index (κ3) is 4.43. The van der Waals surface area contributed by atoms with Crippen molar-refractivity contribution < 1.29 is 9.00 Å². The Labute approximate surface area is 163 Å². The van der Waals surface area contributed by atoms with Crippen LogP contribution in [0.25, 0.3) is 10.9 Å². The van der Waals surface area contributed by atoms with Gasteiger partial charge < -0.3 is 5.32 Å². The second-order valence-corrected chi connectivity index (χ2v) is 7.98. The van der Waals surface area contributed by atoms with Crippen LogP contribution in [0, 0.1) is 6.92 Å². The van der Waals surface area contributed by atoms with Crippen LogP contribution in [0.4, 0.5) is 5.69 Å². The molecule has 1 N–H and O–H groups in total. The summed E-state index contributed by atoms with van der Waals surface area (Å²) in [6.07, 6.45) is 1.59. The molecular weight excluding hydrogens is 386 g/mol. The number of amides is 1. The molecule has 0 fully saturated rings. The van der Waals surface area contributed by atoms with Crippen LogP contribution < -0.4 is 10.9 Å². The molecule has 1 atom stereocenters. The van der Waals surface area contributed by atoms with Gasteiger partial charge in [0.25, 0.3) is 5.56 Å². The van der Waals surface area contributed by atoms with E-state index >= 15 is 0 Å². The average molecular weight is 404 g/mol. The summed E-state index contributed by atoms with van der Waals surface area (Å²) in [5.74, 6) is 0.408. The average Bonchev–Trinajstić information content (AvgIpc) is 2.61. The Bertz CT molecular complexity index is 1110. The molecule has 6 nitrogen and oxygen atoms in total. The summed E-state index contributed by atoms with van der Waals surface area (Å²) in [4.78, 5) is 29.5. The smallest absolute Gasteiger partial charge is 0.261 e. The molecule has 3 aromatic rings. The van der Waals surface area contributed by atoms with E-state index in [9.17, 15) is 13.8 Å². The summed E-state index contributed by atoms with van der Waals surface area (Å²) in [6.45, 7) is 1.54. The molecule has 1 heterocycles. The molecule has 2 aromatic carbocycles. The Balaban J connectivity index is 1.84. The topological polar surface area (TPSA) is 81.1 Å². The monoisotopic (exact) mass is 403 g/mol. The zero-order valence-electron chi connectivity index (χ0n) is 14.9. The fraction of sp³-hybridized carbons (Fsp3) is 0.211. The van der Waals surface area contributed by atoms with Gasteiger partial charge in [-0.3, -0.25) is 18.4 Å². The highest BCUT2D eigenvalue weighted by atomic mass is 35.5. The summed E-state index contributed by atoms with van der Waals surface area (Å²) in [7, 11) is -1.05. The third-order valence-electron chi connectivity index (χ3n) is 4.04. The number of carbonyl (C=O) groups is 1. The van der Waals surface area contributed by atoms with Crippen LogP contribution in [-0.4, -0.2) is 25.9 Å². The van der Waals surface area contributed by atoms with E-state index in [1.165, 1.54) is 4.57 Å². The maximum Gasteiger partial charge on any atom is 0.261 e. The predicted molar refractivity (Wildman–Crippen MR) is 109 cm³/mol. The molecular formula is C19H18ClN3O3S. The van der Waals surface area contributed by atoms with Crippen molar-refractivity contribution in [3.8, 4) is 0 Å². The van der Waals surface area contributed by atoms with Crippen LogP contribution in [0.1, 0.15) is 11.4 Å². The van der Waals surface area contributed by atoms with Gasteiger partial charge in [-0.1, -0.05) is 23.7 Å². The minimum Gasteiger partial charge on any atom is -0.325 e. The molecule has 0 unspecified atom stereocenters. The number of para-hydroxylation sites is 1. The van der Waals surface area contributed by atoms with Gasteiger partial charge in [0, 0.05) is 33.5 Å². The summed E-state index contributed by atoms with van der Waals surface area (Å²) in [5, 5.41) is 3.71. The van der Waals surface area contributed by atoms with Gasteiger partial charge in [-0.25, -0.2) is 4.98 Å². The van der Waals surface area contributed by atoms with Crippen LogP contribution in [0.3, 0.4) is 0 Å². The van der Waals surface area contributed by atoms with E-state index < -0.39 is 10.8 Å². The number of rotatable bonds is 5. The van der Waals surface area contributed by atoms with Gasteiger partial charge >= 0.3 is 0 Å². The van der Waals surface area contributed by atoms with E-state index in [1.807, 2.05) is 6.07 Å². The zero-order valence-corrected chi connectivity index (χ0v) is 16.4. The standard InChI is InChI=1S/C19H18ClN3O3S/c1-12-21-17-6-4-3-5-15(17)19(25)23(12)10-18(24)22-14-7-8-16(20)13(9-14)11-27(2)26/h3-9H,10-11H2,1-2H3,(H,22,24)/t27-/m0/s1. The molecule has 8 heteroatoms. The number of carbonyl (C=O) groups excluding carboxylic acids is 1. The number of halogens is 1. The zero-order chi connectivity index (χ0) is 19.6. The van der Waals surface area contributed by atoms with Crippen molar-refractivity contribution in [2.24, 2.45) is 0 Å². The first kappa shape index (κ1) is 19.3. The quantitative estimate of drug-likeness (QED) is 0.710. The molecule has 3 rings (SSSR count). The summed E-state index contributed by atoms with van der Waals surface area (Å²) in [6, 6.07) is 12.0. The predicted octanol–water partition coefficient (Wildman–Crippen LogP) is 2.88. The molecule has 0 aliphatic heterocycles. The number of aryl methyl sites for hydroxylation is 1. The van der Waals surface area contributed by atoms with Crippen molar-refractivity contribution in [1.29, 1.82) is 0 Å². The van der Waals surface area contributed by atoms with E-state index in [0.717, 1.165) is 0 Å². The molecule has 1 amide bonds. The molecule has 0 spiro atoms. The number of anilines is 1. The number of nitrogens with one attached hydrogen (secondary N) is 1. The number of nitrogens with zero attached hydrogens (tertiary/aromatic N) is 2. The summed E-state index contributed by atoms with van der Waals surface area (Å²) >= 11 is 6.10. The van der Waals surface area contributed by atoms with Gasteiger partial charge in [-0.15, -0.1) is 0 Å². The second kappa shape index (κ2) is 8.02. The fourth-order valence-electron chi connectivity index (χ4n) is 2.79. The summed E-state index contributed by atoms with van der Waals surface area (Å²) < 4.78 is 12.8. The minimum atomic E-state index is -1.05. The number of benzene rings is 2. The molecule has 0 aliphatic rings. The Morgan fingerprint density at radius 3 is 2.74 bits per heavy atom. The van der Waals surface area contributed by atoms with Crippen LogP contribution in [-0.2, 0) is 27.9 Å². The molecule has 0 aliphatic carbocycles. The lowest BCUT2D eigenvalue weighted by molar-refractivity contribution is -0.116. The molecule has 0 radical (unpaired) electrons. The summed E-state index contributed by atoms with van der Waals surface area (Å²) in [5.41, 5.74) is 1.57. The van der Waals surface area contributed by atoms with Gasteiger partial charge in [-0.2, -0.15) is 0 Å². The van der Waals surface area contributed by atoms with E-state index in [-0.39, 0.29) is 18.0 Å². The van der Waals surface area contributed by atoms with Crippen LogP contribution in [0.15, 0.2) is 47.3 Å². The third-order valence-corrected chi connectivity index (χ3v) is 5.13. The first-order chi connectivity index (χ1) is 12.8. The SMILES string of the molecule is Cc1nc2ccccc2c(=O)n1CC(=O)Nc1ccc(Cl)c(C[S@](C)=O)c1. The molecule has 0 saturated heterocycles. The maximum atomic E-state index is 12.6. The van der Waals surface area contributed by atoms with Crippen molar-refractivity contribution in [2.75, 3.05) is 11.6 Å². The first-order valence-electron chi connectivity index (χ1n) is 8.19. The van der Waals surface area contributed by atoms with Crippen molar-refractivity contribution >= 4 is 44.9 Å². The normalized spacial score (nSPS) is 12.1. The first-order valence-corrected chi connectivity index (χ1v) is 10.3. The lowest BCUT2D eigenvalue weighted by atomic mass is 10.2. The Hall–Kier alpha value is -2.51. The van der Waals surface area contributed by atoms with Crippen LogP contribution in [0.5, 0.6) is 0 Å². The van der Waals surface area contributed by atoms with Gasteiger partial charge in [0.15, 0.2) is 0 Å². The highest BCUT2D eigenvalue weighted by Crippen LogP contribution is 2.22. The highest BCUT2D eigenvalue weighted by molar-refractivity contribution is 7.83. The van der Waals surface area contributed by atoms with Crippen molar-refractivity contribution in [3.05, 3.63) is 69.2 Å². The van der Waals surface area contributed by atoms with E-state index in [4.69, 9.17) is 11.6 Å². The molecule has 0 saturated carbocycles. The van der Waals surface area contributed by atoms with E-state index in [0.29, 0.717) is 38.8 Å². The number of hydrogen-bond donors (Lipinski definition) is 1. The largest absolute Gasteiger partial charge is 0.325 e. The maximum absolute atomic E-state index is 12.6. The lowest BCUT2D eigenvalue weighted by Gasteiger charge is -2.12. The number of aromatic nitrogens is 2. The molecule has 1 aromatic heterocycles. The van der Waals surface area contributed by atoms with Gasteiger partial charge in [-0.05, 0) is 42.8 Å².